The second-order valence-corrected chi connectivity index (χ2v) is 4.50. The van der Waals surface area contributed by atoms with Gasteiger partial charge in [0.15, 0.2) is 0 Å². The van der Waals surface area contributed by atoms with Gasteiger partial charge in [0.1, 0.15) is 0 Å². The fraction of sp³-hybridized carbons (Fsp3) is 1.00. The van der Waals surface area contributed by atoms with Gasteiger partial charge in [-0.2, -0.15) is 0 Å². The second kappa shape index (κ2) is 3.00. The highest BCUT2D eigenvalue weighted by Gasteiger charge is 2.45. The van der Waals surface area contributed by atoms with Crippen LogP contribution in [0.3, 0.4) is 0 Å². The zero-order chi connectivity index (χ0) is 8.60. The molecule has 2 aliphatic rings. The average molecular weight is 169 g/mol. The number of nitrogens with one attached hydrogen (secondary N) is 1. The Hall–Kier alpha value is -0.0800. The highest BCUT2D eigenvalue weighted by Crippen LogP contribution is 2.42. The Balaban J connectivity index is 1.95. The molecule has 0 bridgehead atoms. The first-order chi connectivity index (χ1) is 5.71. The van der Waals surface area contributed by atoms with Crippen molar-refractivity contribution >= 4 is 0 Å². The van der Waals surface area contributed by atoms with Gasteiger partial charge in [-0.25, -0.2) is 0 Å². The molecule has 0 unspecified atom stereocenters. The number of piperidine rings is 1. The van der Waals surface area contributed by atoms with Crippen LogP contribution in [0.5, 0.6) is 0 Å². The smallest absolute Gasteiger partial charge is 0.0799 e. The van der Waals surface area contributed by atoms with Crippen molar-refractivity contribution in [2.45, 2.75) is 50.7 Å². The summed E-state index contributed by atoms with van der Waals surface area (Å²) in [4.78, 5) is 0. The summed E-state index contributed by atoms with van der Waals surface area (Å²) in [7, 11) is 0. The molecule has 12 heavy (non-hydrogen) atoms. The molecule has 70 valence electrons. The Labute approximate surface area is 74.4 Å². The number of aliphatic hydroxyl groups is 1. The minimum absolute atomic E-state index is 0.360. The zero-order valence-corrected chi connectivity index (χ0v) is 7.84. The molecule has 2 atom stereocenters. The molecule has 1 heterocycles. The first-order valence-electron chi connectivity index (χ1n) is 5.17. The van der Waals surface area contributed by atoms with Crippen molar-refractivity contribution in [1.29, 1.82) is 0 Å². The fourth-order valence-electron chi connectivity index (χ4n) is 2.30. The van der Waals surface area contributed by atoms with Crippen LogP contribution in [-0.4, -0.2) is 23.3 Å². The van der Waals surface area contributed by atoms with Crippen LogP contribution in [0.25, 0.3) is 0 Å². The summed E-state index contributed by atoms with van der Waals surface area (Å²) >= 11 is 0. The molecule has 1 aliphatic carbocycles. The molecule has 0 aromatic rings. The lowest BCUT2D eigenvalue weighted by atomic mass is 9.85. The van der Waals surface area contributed by atoms with E-state index in [9.17, 15) is 5.11 Å². The molecule has 1 saturated carbocycles. The third kappa shape index (κ3) is 1.50. The van der Waals surface area contributed by atoms with Crippen LogP contribution in [-0.2, 0) is 0 Å². The Morgan fingerprint density at radius 2 is 2.00 bits per heavy atom. The van der Waals surface area contributed by atoms with Crippen molar-refractivity contribution in [3.05, 3.63) is 0 Å². The van der Waals surface area contributed by atoms with E-state index < -0.39 is 5.60 Å². The van der Waals surface area contributed by atoms with Crippen molar-refractivity contribution < 1.29 is 5.11 Å². The van der Waals surface area contributed by atoms with Gasteiger partial charge in [-0.3, -0.25) is 0 Å². The molecule has 2 nitrogen and oxygen atoms in total. The van der Waals surface area contributed by atoms with E-state index in [1.54, 1.807) is 0 Å². The molecule has 2 rings (SSSR count). The van der Waals surface area contributed by atoms with E-state index in [0.29, 0.717) is 12.0 Å². The number of hydrogen-bond donors (Lipinski definition) is 2. The molecule has 0 aromatic heterocycles. The van der Waals surface area contributed by atoms with Crippen LogP contribution < -0.4 is 5.32 Å². The summed E-state index contributed by atoms with van der Waals surface area (Å²) in [6.45, 7) is 3.10. The topological polar surface area (TPSA) is 32.3 Å². The maximum atomic E-state index is 10.2. The lowest BCUT2D eigenvalue weighted by Crippen LogP contribution is -2.52. The zero-order valence-electron chi connectivity index (χ0n) is 7.84. The van der Waals surface area contributed by atoms with Gasteiger partial charge in [-0.1, -0.05) is 6.42 Å². The van der Waals surface area contributed by atoms with E-state index in [4.69, 9.17) is 0 Å². The summed E-state index contributed by atoms with van der Waals surface area (Å²) in [5, 5.41) is 13.6. The van der Waals surface area contributed by atoms with Gasteiger partial charge in [0.25, 0.3) is 0 Å². The molecule has 2 fully saturated rings. The van der Waals surface area contributed by atoms with Crippen LogP contribution in [0.15, 0.2) is 0 Å². The van der Waals surface area contributed by atoms with Crippen LogP contribution >= 0.6 is 0 Å². The van der Waals surface area contributed by atoms with Gasteiger partial charge < -0.3 is 10.4 Å². The summed E-state index contributed by atoms with van der Waals surface area (Å²) in [5.41, 5.74) is -0.430. The molecule has 1 saturated heterocycles. The van der Waals surface area contributed by atoms with E-state index >= 15 is 0 Å². The van der Waals surface area contributed by atoms with Crippen molar-refractivity contribution in [2.75, 3.05) is 6.54 Å². The fourth-order valence-corrected chi connectivity index (χ4v) is 2.30. The number of rotatable bonds is 2. The Morgan fingerprint density at radius 1 is 1.25 bits per heavy atom. The molecule has 0 radical (unpaired) electrons. The van der Waals surface area contributed by atoms with Crippen LogP contribution in [0.1, 0.15) is 39.0 Å². The van der Waals surface area contributed by atoms with Gasteiger partial charge in [0.2, 0.25) is 0 Å². The third-order valence-corrected chi connectivity index (χ3v) is 3.42. The van der Waals surface area contributed by atoms with E-state index in [-0.39, 0.29) is 0 Å². The number of hydrogen-bond acceptors (Lipinski definition) is 2. The molecule has 0 aromatic carbocycles. The van der Waals surface area contributed by atoms with Gasteiger partial charge in [0, 0.05) is 6.04 Å². The lowest BCUT2D eigenvalue weighted by Gasteiger charge is -2.36. The van der Waals surface area contributed by atoms with Crippen molar-refractivity contribution in [2.24, 2.45) is 5.92 Å². The van der Waals surface area contributed by atoms with E-state index in [2.05, 4.69) is 5.32 Å². The quantitative estimate of drug-likeness (QED) is 0.653. The van der Waals surface area contributed by atoms with Crippen LogP contribution in [0.4, 0.5) is 0 Å². The normalized spacial score (nSPS) is 36.0. The van der Waals surface area contributed by atoms with Gasteiger partial charge in [0.05, 0.1) is 5.60 Å². The minimum Gasteiger partial charge on any atom is -0.388 e. The Kier molecular flexibility index (Phi) is 2.13. The summed E-state index contributed by atoms with van der Waals surface area (Å²) < 4.78 is 0. The maximum Gasteiger partial charge on any atom is 0.0799 e. The molecule has 0 spiro atoms. The molecular formula is C10H19NO. The summed E-state index contributed by atoms with van der Waals surface area (Å²) in [6.07, 6.45) is 6.16. The van der Waals surface area contributed by atoms with Crippen molar-refractivity contribution in [1.82, 2.24) is 5.32 Å². The predicted octanol–water partition coefficient (Wildman–Crippen LogP) is 1.29. The van der Waals surface area contributed by atoms with Crippen LogP contribution in [0, 0.1) is 5.92 Å². The molecule has 2 N–H and O–H groups in total. The van der Waals surface area contributed by atoms with Gasteiger partial charge in [-0.15, -0.1) is 0 Å². The highest BCUT2D eigenvalue weighted by molar-refractivity contribution is 5.00. The predicted molar refractivity (Wildman–Crippen MR) is 49.0 cm³/mol. The largest absolute Gasteiger partial charge is 0.388 e. The first-order valence-corrected chi connectivity index (χ1v) is 5.17. The molecule has 2 heteroatoms. The SMILES string of the molecule is C[C@](O)(C1CC1)[C@@H]1CCCCN1. The van der Waals surface area contributed by atoms with E-state index in [1.807, 2.05) is 6.92 Å². The average Bonchev–Trinajstić information content (AvgIpc) is 2.88. The van der Waals surface area contributed by atoms with E-state index in [1.165, 1.54) is 25.7 Å². The highest BCUT2D eigenvalue weighted by atomic mass is 16.3. The summed E-state index contributed by atoms with van der Waals surface area (Å²) in [5.74, 6) is 0.577. The summed E-state index contributed by atoms with van der Waals surface area (Å²) in [6, 6.07) is 0.360. The third-order valence-electron chi connectivity index (χ3n) is 3.42. The van der Waals surface area contributed by atoms with Crippen molar-refractivity contribution in [3.8, 4) is 0 Å². The van der Waals surface area contributed by atoms with E-state index in [0.717, 1.165) is 13.0 Å². The molecule has 1 aliphatic heterocycles. The monoisotopic (exact) mass is 169 g/mol. The van der Waals surface area contributed by atoms with Gasteiger partial charge in [-0.05, 0) is 45.1 Å². The maximum absolute atomic E-state index is 10.2. The van der Waals surface area contributed by atoms with Crippen LogP contribution in [0.2, 0.25) is 0 Å². The van der Waals surface area contributed by atoms with Gasteiger partial charge >= 0.3 is 0 Å². The lowest BCUT2D eigenvalue weighted by molar-refractivity contribution is -0.0102. The second-order valence-electron chi connectivity index (χ2n) is 4.50. The standard InChI is InChI=1S/C10H19NO/c1-10(12,8-5-6-8)9-4-2-3-7-11-9/h8-9,11-12H,2-7H2,1H3/t9-,10-/m0/s1. The molecule has 0 amide bonds. The Morgan fingerprint density at radius 3 is 2.50 bits per heavy atom. The Bertz CT molecular complexity index is 157. The molecular weight excluding hydrogens is 150 g/mol. The van der Waals surface area contributed by atoms with Crippen molar-refractivity contribution in [3.63, 3.8) is 0 Å². The minimum atomic E-state index is -0.430. The first kappa shape index (κ1) is 8.52.